The quantitative estimate of drug-likeness (QED) is 0.688. The SMILES string of the molecule is CC(O)(CNC(=O)c1ccc2cc[nH]c2c1)c1ccc(F)cc1F. The maximum absolute atomic E-state index is 13.8. The van der Waals surface area contributed by atoms with Gasteiger partial charge in [-0.15, -0.1) is 0 Å². The van der Waals surface area contributed by atoms with Crippen molar-refractivity contribution in [3.63, 3.8) is 0 Å². The first-order valence-corrected chi connectivity index (χ1v) is 7.40. The van der Waals surface area contributed by atoms with Crippen LogP contribution in [0.2, 0.25) is 0 Å². The van der Waals surface area contributed by atoms with Crippen molar-refractivity contribution in [1.29, 1.82) is 0 Å². The number of rotatable bonds is 4. The Kier molecular flexibility index (Phi) is 4.07. The summed E-state index contributed by atoms with van der Waals surface area (Å²) in [4.78, 5) is 15.2. The second-order valence-corrected chi connectivity index (χ2v) is 5.86. The first-order chi connectivity index (χ1) is 11.4. The molecule has 1 atom stereocenters. The van der Waals surface area contributed by atoms with Crippen molar-refractivity contribution < 1.29 is 18.7 Å². The average molecular weight is 330 g/mol. The van der Waals surface area contributed by atoms with Crippen molar-refractivity contribution >= 4 is 16.8 Å². The summed E-state index contributed by atoms with van der Waals surface area (Å²) < 4.78 is 26.8. The lowest BCUT2D eigenvalue weighted by Gasteiger charge is -2.24. The molecule has 0 radical (unpaired) electrons. The molecule has 24 heavy (non-hydrogen) atoms. The smallest absolute Gasteiger partial charge is 0.251 e. The van der Waals surface area contributed by atoms with Crippen LogP contribution in [0.25, 0.3) is 10.9 Å². The summed E-state index contributed by atoms with van der Waals surface area (Å²) in [6.45, 7) is 1.15. The monoisotopic (exact) mass is 330 g/mol. The fourth-order valence-electron chi connectivity index (χ4n) is 2.57. The lowest BCUT2D eigenvalue weighted by Crippen LogP contribution is -2.39. The van der Waals surface area contributed by atoms with E-state index < -0.39 is 23.1 Å². The van der Waals surface area contributed by atoms with Crippen LogP contribution < -0.4 is 5.32 Å². The molecule has 3 N–H and O–H groups in total. The number of halogens is 2. The Hall–Kier alpha value is -2.73. The second kappa shape index (κ2) is 6.05. The number of fused-ring (bicyclic) bond motifs is 1. The van der Waals surface area contributed by atoms with E-state index in [1.807, 2.05) is 6.07 Å². The Balaban J connectivity index is 1.74. The Morgan fingerprint density at radius 1 is 1.21 bits per heavy atom. The zero-order valence-corrected chi connectivity index (χ0v) is 12.9. The number of hydrogen-bond donors (Lipinski definition) is 3. The molecule has 3 rings (SSSR count). The number of H-pyrrole nitrogens is 1. The van der Waals surface area contributed by atoms with Crippen molar-refractivity contribution in [3.8, 4) is 0 Å². The lowest BCUT2D eigenvalue weighted by molar-refractivity contribution is 0.0494. The molecular formula is C18H16F2N2O2. The number of aromatic nitrogens is 1. The molecule has 0 aliphatic rings. The van der Waals surface area contributed by atoms with E-state index in [1.54, 1.807) is 24.4 Å². The largest absolute Gasteiger partial charge is 0.383 e. The van der Waals surface area contributed by atoms with Gasteiger partial charge in [0.25, 0.3) is 5.91 Å². The number of benzene rings is 2. The number of aliphatic hydroxyl groups is 1. The summed E-state index contributed by atoms with van der Waals surface area (Å²) >= 11 is 0. The Morgan fingerprint density at radius 3 is 2.75 bits per heavy atom. The molecule has 0 aliphatic carbocycles. The molecule has 0 saturated carbocycles. The predicted octanol–water partition coefficient (Wildman–Crippen LogP) is 3.08. The highest BCUT2D eigenvalue weighted by Crippen LogP contribution is 2.23. The molecule has 6 heteroatoms. The molecule has 0 bridgehead atoms. The minimum atomic E-state index is -1.66. The number of aromatic amines is 1. The standard InChI is InChI=1S/C18H16F2N2O2/c1-18(24,14-5-4-13(19)9-15(14)20)10-22-17(23)12-3-2-11-6-7-21-16(11)8-12/h2-9,21,24H,10H2,1H3,(H,22,23). The van der Waals surface area contributed by atoms with Crippen LogP contribution in [0, 0.1) is 11.6 Å². The lowest BCUT2D eigenvalue weighted by atomic mass is 9.95. The fourth-order valence-corrected chi connectivity index (χ4v) is 2.57. The number of hydrogen-bond acceptors (Lipinski definition) is 2. The van der Waals surface area contributed by atoms with E-state index in [1.165, 1.54) is 13.0 Å². The highest BCUT2D eigenvalue weighted by atomic mass is 19.1. The molecule has 0 fully saturated rings. The predicted molar refractivity (Wildman–Crippen MR) is 86.6 cm³/mol. The van der Waals surface area contributed by atoms with Crippen LogP contribution in [0.4, 0.5) is 8.78 Å². The van der Waals surface area contributed by atoms with Crippen LogP contribution in [-0.4, -0.2) is 22.5 Å². The molecule has 0 spiro atoms. The Bertz CT molecular complexity index is 903. The van der Waals surface area contributed by atoms with Gasteiger partial charge in [0.15, 0.2) is 0 Å². The van der Waals surface area contributed by atoms with Gasteiger partial charge >= 0.3 is 0 Å². The molecule has 1 heterocycles. The molecule has 0 aliphatic heterocycles. The maximum atomic E-state index is 13.8. The van der Waals surface area contributed by atoms with E-state index in [4.69, 9.17) is 0 Å². The normalized spacial score (nSPS) is 13.7. The van der Waals surface area contributed by atoms with Crippen LogP contribution in [-0.2, 0) is 5.60 Å². The minimum Gasteiger partial charge on any atom is -0.383 e. The molecule has 4 nitrogen and oxygen atoms in total. The average Bonchev–Trinajstić information content (AvgIpc) is 2.99. The van der Waals surface area contributed by atoms with Crippen LogP contribution in [0.5, 0.6) is 0 Å². The summed E-state index contributed by atoms with van der Waals surface area (Å²) in [5.41, 5.74) is -0.507. The van der Waals surface area contributed by atoms with Crippen molar-refractivity contribution in [2.75, 3.05) is 6.54 Å². The van der Waals surface area contributed by atoms with E-state index >= 15 is 0 Å². The summed E-state index contributed by atoms with van der Waals surface area (Å²) in [6.07, 6.45) is 1.77. The third-order valence-corrected chi connectivity index (χ3v) is 3.92. The highest BCUT2D eigenvalue weighted by molar-refractivity contribution is 5.97. The topological polar surface area (TPSA) is 65.1 Å². The van der Waals surface area contributed by atoms with Gasteiger partial charge in [0.2, 0.25) is 0 Å². The fraction of sp³-hybridized carbons (Fsp3) is 0.167. The number of carbonyl (C=O) groups is 1. The van der Waals surface area contributed by atoms with Gasteiger partial charge < -0.3 is 15.4 Å². The van der Waals surface area contributed by atoms with Gasteiger partial charge in [-0.05, 0) is 36.6 Å². The third kappa shape index (κ3) is 3.14. The number of nitrogens with one attached hydrogen (secondary N) is 2. The van der Waals surface area contributed by atoms with Crippen LogP contribution in [0.15, 0.2) is 48.7 Å². The van der Waals surface area contributed by atoms with Crippen molar-refractivity contribution in [1.82, 2.24) is 10.3 Å². The maximum Gasteiger partial charge on any atom is 0.251 e. The van der Waals surface area contributed by atoms with Gasteiger partial charge in [0, 0.05) is 28.9 Å². The first kappa shape index (κ1) is 16.1. The summed E-state index contributed by atoms with van der Waals surface area (Å²) in [6, 6.07) is 9.98. The van der Waals surface area contributed by atoms with Gasteiger partial charge in [-0.1, -0.05) is 12.1 Å². The molecule has 1 unspecified atom stereocenters. The summed E-state index contributed by atoms with van der Waals surface area (Å²) in [5.74, 6) is -1.98. The number of amides is 1. The van der Waals surface area contributed by atoms with Gasteiger partial charge in [-0.3, -0.25) is 4.79 Å². The van der Waals surface area contributed by atoms with Crippen molar-refractivity contribution in [2.24, 2.45) is 0 Å². The zero-order chi connectivity index (χ0) is 17.3. The molecule has 2 aromatic carbocycles. The molecule has 3 aromatic rings. The Morgan fingerprint density at radius 2 is 2.00 bits per heavy atom. The molecule has 1 amide bonds. The second-order valence-electron chi connectivity index (χ2n) is 5.86. The molecule has 0 saturated heterocycles. The zero-order valence-electron chi connectivity index (χ0n) is 12.9. The third-order valence-electron chi connectivity index (χ3n) is 3.92. The van der Waals surface area contributed by atoms with Crippen molar-refractivity contribution in [2.45, 2.75) is 12.5 Å². The molecular weight excluding hydrogens is 314 g/mol. The highest BCUT2D eigenvalue weighted by Gasteiger charge is 2.27. The Labute approximate surface area is 137 Å². The van der Waals surface area contributed by atoms with Crippen LogP contribution in [0.1, 0.15) is 22.8 Å². The number of carbonyl (C=O) groups excluding carboxylic acids is 1. The summed E-state index contributed by atoms with van der Waals surface area (Å²) in [5, 5.41) is 14.0. The van der Waals surface area contributed by atoms with Gasteiger partial charge in [-0.2, -0.15) is 0 Å². The van der Waals surface area contributed by atoms with E-state index in [9.17, 15) is 18.7 Å². The van der Waals surface area contributed by atoms with Gasteiger partial charge in [0.1, 0.15) is 17.2 Å². The van der Waals surface area contributed by atoms with Crippen LogP contribution >= 0.6 is 0 Å². The molecule has 124 valence electrons. The van der Waals surface area contributed by atoms with Gasteiger partial charge in [0.05, 0.1) is 6.54 Å². The van der Waals surface area contributed by atoms with Crippen molar-refractivity contribution in [3.05, 3.63) is 71.4 Å². The van der Waals surface area contributed by atoms with E-state index in [-0.39, 0.29) is 12.1 Å². The van der Waals surface area contributed by atoms with Crippen LogP contribution in [0.3, 0.4) is 0 Å². The van der Waals surface area contributed by atoms with E-state index in [0.717, 1.165) is 17.0 Å². The molecule has 1 aromatic heterocycles. The van der Waals surface area contributed by atoms with E-state index in [2.05, 4.69) is 10.3 Å². The first-order valence-electron chi connectivity index (χ1n) is 7.40. The minimum absolute atomic E-state index is 0.0796. The van der Waals surface area contributed by atoms with Gasteiger partial charge in [-0.25, -0.2) is 8.78 Å². The summed E-state index contributed by atoms with van der Waals surface area (Å²) in [7, 11) is 0. The van der Waals surface area contributed by atoms with E-state index in [0.29, 0.717) is 11.6 Å².